The number of nitrogens with two attached hydrogens (primary N) is 1. The average Bonchev–Trinajstić information content (AvgIpc) is 2.72. The molecule has 0 saturated heterocycles. The Morgan fingerprint density at radius 2 is 2.00 bits per heavy atom. The number of amides is 1. The van der Waals surface area contributed by atoms with Crippen LogP contribution in [-0.4, -0.2) is 23.4 Å². The monoisotopic (exact) mass is 238 g/mol. The Balaban J connectivity index is 2.83. The van der Waals surface area contributed by atoms with Crippen molar-refractivity contribution in [1.82, 2.24) is 4.90 Å². The van der Waals surface area contributed by atoms with E-state index in [1.165, 1.54) is 0 Å². The van der Waals surface area contributed by atoms with Crippen LogP contribution in [0.4, 0.5) is 0 Å². The van der Waals surface area contributed by atoms with E-state index in [1.54, 1.807) is 12.1 Å². The highest BCUT2D eigenvalue weighted by molar-refractivity contribution is 5.91. The second-order valence-corrected chi connectivity index (χ2v) is 4.92. The average molecular weight is 238 g/mol. The zero-order chi connectivity index (χ0) is 13.0. The van der Waals surface area contributed by atoms with Gasteiger partial charge in [0.1, 0.15) is 5.76 Å². The van der Waals surface area contributed by atoms with Crippen molar-refractivity contribution in [3.63, 3.8) is 0 Å². The van der Waals surface area contributed by atoms with Crippen molar-refractivity contribution in [3.05, 3.63) is 23.7 Å². The van der Waals surface area contributed by atoms with Crippen LogP contribution in [0, 0.1) is 5.92 Å². The van der Waals surface area contributed by atoms with Crippen molar-refractivity contribution in [2.45, 2.75) is 40.3 Å². The molecule has 1 amide bonds. The number of hydrogen-bond acceptors (Lipinski definition) is 3. The van der Waals surface area contributed by atoms with Crippen LogP contribution in [0.1, 0.15) is 44.0 Å². The molecular formula is C13H22N2O2. The lowest BCUT2D eigenvalue weighted by atomic mass is 10.1. The fraction of sp³-hybridized carbons (Fsp3) is 0.615. The molecule has 0 aliphatic carbocycles. The van der Waals surface area contributed by atoms with Gasteiger partial charge in [0.05, 0.1) is 6.54 Å². The zero-order valence-corrected chi connectivity index (χ0v) is 11.1. The first-order valence-electron chi connectivity index (χ1n) is 6.05. The standard InChI is InChI=1S/C13H22N2O2/c1-9(2)8-15(10(3)4)13(16)12-6-5-11(7-14)17-12/h5-6,9-10H,7-8,14H2,1-4H3. The Morgan fingerprint density at radius 1 is 1.35 bits per heavy atom. The predicted molar refractivity (Wildman–Crippen MR) is 67.6 cm³/mol. The second-order valence-electron chi connectivity index (χ2n) is 4.92. The third kappa shape index (κ3) is 3.60. The van der Waals surface area contributed by atoms with E-state index in [9.17, 15) is 4.79 Å². The molecule has 0 radical (unpaired) electrons. The van der Waals surface area contributed by atoms with Gasteiger partial charge in [0, 0.05) is 12.6 Å². The predicted octanol–water partition coefficient (Wildman–Crippen LogP) is 2.24. The number of rotatable bonds is 5. The molecule has 17 heavy (non-hydrogen) atoms. The smallest absolute Gasteiger partial charge is 0.289 e. The Hall–Kier alpha value is -1.29. The Bertz CT molecular complexity index is 369. The molecule has 0 saturated carbocycles. The van der Waals surface area contributed by atoms with Crippen LogP contribution in [0.25, 0.3) is 0 Å². The van der Waals surface area contributed by atoms with E-state index in [2.05, 4.69) is 13.8 Å². The maximum Gasteiger partial charge on any atom is 0.289 e. The number of carbonyl (C=O) groups excluding carboxylic acids is 1. The van der Waals surface area contributed by atoms with Crippen molar-refractivity contribution < 1.29 is 9.21 Å². The molecule has 96 valence electrons. The van der Waals surface area contributed by atoms with Crippen molar-refractivity contribution in [1.29, 1.82) is 0 Å². The summed E-state index contributed by atoms with van der Waals surface area (Å²) in [5.41, 5.74) is 5.46. The van der Waals surface area contributed by atoms with Gasteiger partial charge in [0.15, 0.2) is 5.76 Å². The molecule has 4 heteroatoms. The molecule has 1 aromatic heterocycles. The van der Waals surface area contributed by atoms with Gasteiger partial charge in [-0.1, -0.05) is 13.8 Å². The zero-order valence-electron chi connectivity index (χ0n) is 11.1. The Morgan fingerprint density at radius 3 is 2.41 bits per heavy atom. The maximum atomic E-state index is 12.2. The summed E-state index contributed by atoms with van der Waals surface area (Å²) in [6.07, 6.45) is 0. The topological polar surface area (TPSA) is 59.5 Å². The molecule has 0 unspecified atom stereocenters. The van der Waals surface area contributed by atoms with Gasteiger partial charge in [-0.25, -0.2) is 0 Å². The Kier molecular flexibility index (Phi) is 4.75. The van der Waals surface area contributed by atoms with Crippen molar-refractivity contribution >= 4 is 5.91 Å². The summed E-state index contributed by atoms with van der Waals surface area (Å²) in [7, 11) is 0. The number of nitrogens with zero attached hydrogens (tertiary/aromatic N) is 1. The van der Waals surface area contributed by atoms with Crippen LogP contribution in [0.2, 0.25) is 0 Å². The summed E-state index contributed by atoms with van der Waals surface area (Å²) in [6.45, 7) is 9.25. The molecule has 2 N–H and O–H groups in total. The van der Waals surface area contributed by atoms with Gasteiger partial charge in [-0.05, 0) is 31.9 Å². The van der Waals surface area contributed by atoms with Gasteiger partial charge in [-0.15, -0.1) is 0 Å². The highest BCUT2D eigenvalue weighted by atomic mass is 16.4. The summed E-state index contributed by atoms with van der Waals surface area (Å²) in [4.78, 5) is 14.1. The second kappa shape index (κ2) is 5.87. The van der Waals surface area contributed by atoms with Crippen LogP contribution in [0.15, 0.2) is 16.5 Å². The summed E-state index contributed by atoms with van der Waals surface area (Å²) < 4.78 is 5.39. The normalized spacial score (nSPS) is 11.2. The lowest BCUT2D eigenvalue weighted by Gasteiger charge is -2.27. The highest BCUT2D eigenvalue weighted by Gasteiger charge is 2.22. The lowest BCUT2D eigenvalue weighted by molar-refractivity contribution is 0.0647. The van der Waals surface area contributed by atoms with Gasteiger partial charge in [-0.3, -0.25) is 4.79 Å². The van der Waals surface area contributed by atoms with Crippen molar-refractivity contribution in [2.24, 2.45) is 11.7 Å². The van der Waals surface area contributed by atoms with Crippen LogP contribution in [-0.2, 0) is 6.54 Å². The van der Waals surface area contributed by atoms with Crippen LogP contribution >= 0.6 is 0 Å². The third-order valence-electron chi connectivity index (χ3n) is 2.52. The molecule has 0 aliphatic heterocycles. The molecule has 0 fully saturated rings. The minimum atomic E-state index is -0.0617. The van der Waals surface area contributed by atoms with E-state index in [-0.39, 0.29) is 11.9 Å². The minimum absolute atomic E-state index is 0.0617. The quantitative estimate of drug-likeness (QED) is 0.855. The maximum absolute atomic E-state index is 12.2. The summed E-state index contributed by atoms with van der Waals surface area (Å²) >= 11 is 0. The molecule has 4 nitrogen and oxygen atoms in total. The van der Waals surface area contributed by atoms with Crippen LogP contribution < -0.4 is 5.73 Å². The van der Waals surface area contributed by atoms with Gasteiger partial charge in [0.2, 0.25) is 0 Å². The molecular weight excluding hydrogens is 216 g/mol. The van der Waals surface area contributed by atoms with E-state index < -0.39 is 0 Å². The van der Waals surface area contributed by atoms with Gasteiger partial charge < -0.3 is 15.1 Å². The molecule has 0 aliphatic rings. The van der Waals surface area contributed by atoms with Crippen molar-refractivity contribution in [2.75, 3.05) is 6.54 Å². The number of carbonyl (C=O) groups is 1. The molecule has 0 bridgehead atoms. The SMILES string of the molecule is CC(C)CN(C(=O)c1ccc(CN)o1)C(C)C. The molecule has 0 aromatic carbocycles. The largest absolute Gasteiger partial charge is 0.455 e. The van der Waals surface area contributed by atoms with Gasteiger partial charge >= 0.3 is 0 Å². The molecule has 0 spiro atoms. The summed E-state index contributed by atoms with van der Waals surface area (Å²) in [5, 5.41) is 0. The summed E-state index contributed by atoms with van der Waals surface area (Å²) in [5.74, 6) is 1.39. The highest BCUT2D eigenvalue weighted by Crippen LogP contribution is 2.14. The van der Waals surface area contributed by atoms with E-state index in [0.29, 0.717) is 24.0 Å². The molecule has 0 atom stereocenters. The van der Waals surface area contributed by atoms with E-state index in [4.69, 9.17) is 10.2 Å². The van der Waals surface area contributed by atoms with E-state index in [1.807, 2.05) is 18.7 Å². The van der Waals surface area contributed by atoms with Crippen LogP contribution in [0.3, 0.4) is 0 Å². The minimum Gasteiger partial charge on any atom is -0.455 e. The van der Waals surface area contributed by atoms with Gasteiger partial charge in [-0.2, -0.15) is 0 Å². The molecule has 1 rings (SSSR count). The summed E-state index contributed by atoms with van der Waals surface area (Å²) in [6, 6.07) is 3.61. The fourth-order valence-corrected chi connectivity index (χ4v) is 1.67. The first-order valence-corrected chi connectivity index (χ1v) is 6.05. The fourth-order valence-electron chi connectivity index (χ4n) is 1.67. The number of hydrogen-bond donors (Lipinski definition) is 1. The van der Waals surface area contributed by atoms with E-state index >= 15 is 0 Å². The van der Waals surface area contributed by atoms with Gasteiger partial charge in [0.25, 0.3) is 5.91 Å². The molecule has 1 aromatic rings. The van der Waals surface area contributed by atoms with Crippen molar-refractivity contribution in [3.8, 4) is 0 Å². The van der Waals surface area contributed by atoms with Crippen LogP contribution in [0.5, 0.6) is 0 Å². The first kappa shape index (κ1) is 13.8. The first-order chi connectivity index (χ1) is 7.95. The lowest BCUT2D eigenvalue weighted by Crippen LogP contribution is -2.39. The van der Waals surface area contributed by atoms with E-state index in [0.717, 1.165) is 6.54 Å². The molecule has 1 heterocycles. The Labute approximate surface area is 103 Å². The third-order valence-corrected chi connectivity index (χ3v) is 2.52. The number of furan rings is 1.